The molecular weight excluding hydrogens is 368 g/mol. The van der Waals surface area contributed by atoms with Crippen molar-refractivity contribution < 1.29 is 18.7 Å². The fourth-order valence-electron chi connectivity index (χ4n) is 3.74. The second-order valence-corrected chi connectivity index (χ2v) is 7.36. The van der Waals surface area contributed by atoms with Crippen molar-refractivity contribution in [2.24, 2.45) is 0 Å². The summed E-state index contributed by atoms with van der Waals surface area (Å²) in [6.07, 6.45) is 6.66. The fraction of sp³-hybridized carbons (Fsp3) is 0.348. The summed E-state index contributed by atoms with van der Waals surface area (Å²) >= 11 is 0. The molecule has 2 aromatic carbocycles. The van der Waals surface area contributed by atoms with Gasteiger partial charge >= 0.3 is 5.97 Å². The topological polar surface area (TPSA) is 81.4 Å². The summed E-state index contributed by atoms with van der Waals surface area (Å²) in [4.78, 5) is 29.3. The van der Waals surface area contributed by atoms with Gasteiger partial charge in [-0.15, -0.1) is 0 Å². The molecule has 4 rings (SSSR count). The molecule has 0 saturated heterocycles. The number of carbonyl (C=O) groups is 2. The van der Waals surface area contributed by atoms with Crippen molar-refractivity contribution in [3.8, 4) is 11.5 Å². The van der Waals surface area contributed by atoms with E-state index in [2.05, 4.69) is 10.3 Å². The predicted molar refractivity (Wildman–Crippen MR) is 109 cm³/mol. The largest absolute Gasteiger partial charge is 0.452 e. The molecule has 0 unspecified atom stereocenters. The van der Waals surface area contributed by atoms with Gasteiger partial charge in [-0.1, -0.05) is 49.9 Å². The van der Waals surface area contributed by atoms with Gasteiger partial charge in [-0.25, -0.2) is 9.78 Å². The van der Waals surface area contributed by atoms with Crippen LogP contribution in [0.3, 0.4) is 0 Å². The Bertz CT molecular complexity index is 970. The third-order valence-corrected chi connectivity index (χ3v) is 5.23. The number of nitrogens with zero attached hydrogens (tertiary/aromatic N) is 1. The number of nitrogens with one attached hydrogen (secondary N) is 1. The first-order valence-corrected chi connectivity index (χ1v) is 10.1. The molecule has 1 N–H and O–H groups in total. The Morgan fingerprint density at radius 2 is 1.72 bits per heavy atom. The molecular formula is C23H24N2O4. The zero-order valence-electron chi connectivity index (χ0n) is 16.2. The summed E-state index contributed by atoms with van der Waals surface area (Å²) in [6.45, 7) is -0.294. The number of hydrogen-bond acceptors (Lipinski definition) is 5. The summed E-state index contributed by atoms with van der Waals surface area (Å²) < 4.78 is 11.1. The van der Waals surface area contributed by atoms with Gasteiger partial charge in [-0.3, -0.25) is 4.79 Å². The van der Waals surface area contributed by atoms with Crippen LogP contribution in [0.2, 0.25) is 0 Å². The van der Waals surface area contributed by atoms with Crippen LogP contribution in [0, 0.1) is 0 Å². The van der Waals surface area contributed by atoms with Gasteiger partial charge in [0, 0.05) is 6.04 Å². The van der Waals surface area contributed by atoms with Gasteiger partial charge in [0.05, 0.1) is 11.1 Å². The number of oxazole rings is 1. The molecule has 3 aromatic rings. The lowest BCUT2D eigenvalue weighted by Crippen LogP contribution is -2.37. The van der Waals surface area contributed by atoms with E-state index >= 15 is 0 Å². The number of esters is 1. The number of hydrogen-bond donors (Lipinski definition) is 1. The Morgan fingerprint density at radius 1 is 1.00 bits per heavy atom. The summed E-state index contributed by atoms with van der Waals surface area (Å²) in [7, 11) is 0. The SMILES string of the molecule is O=C(COC(=O)c1ccccc1-c1nc2ccccc2o1)NC1CCCCCC1. The highest BCUT2D eigenvalue weighted by Gasteiger charge is 2.20. The number of fused-ring (bicyclic) bond motifs is 1. The molecule has 1 aromatic heterocycles. The van der Waals surface area contributed by atoms with E-state index in [4.69, 9.17) is 9.15 Å². The average Bonchev–Trinajstić information content (AvgIpc) is 3.02. The van der Waals surface area contributed by atoms with Crippen LogP contribution in [-0.4, -0.2) is 29.5 Å². The van der Waals surface area contributed by atoms with Crippen LogP contribution in [0.15, 0.2) is 52.9 Å². The third-order valence-electron chi connectivity index (χ3n) is 5.23. The van der Waals surface area contributed by atoms with Crippen LogP contribution in [0.4, 0.5) is 0 Å². The fourth-order valence-corrected chi connectivity index (χ4v) is 3.74. The van der Waals surface area contributed by atoms with Crippen molar-refractivity contribution >= 4 is 23.0 Å². The monoisotopic (exact) mass is 392 g/mol. The molecule has 0 spiro atoms. The smallest absolute Gasteiger partial charge is 0.339 e. The normalized spacial score (nSPS) is 15.0. The molecule has 1 aliphatic rings. The maximum absolute atomic E-state index is 12.6. The van der Waals surface area contributed by atoms with Crippen molar-refractivity contribution in [1.29, 1.82) is 0 Å². The average molecular weight is 392 g/mol. The molecule has 1 saturated carbocycles. The van der Waals surface area contributed by atoms with Crippen molar-refractivity contribution in [2.75, 3.05) is 6.61 Å². The van der Waals surface area contributed by atoms with E-state index < -0.39 is 5.97 Å². The first-order chi connectivity index (χ1) is 14.2. The molecule has 6 heteroatoms. The Kier molecular flexibility index (Phi) is 5.89. The lowest BCUT2D eigenvalue weighted by molar-refractivity contribution is -0.125. The van der Waals surface area contributed by atoms with Crippen molar-refractivity contribution in [3.63, 3.8) is 0 Å². The minimum absolute atomic E-state index is 0.177. The molecule has 0 radical (unpaired) electrons. The number of aromatic nitrogens is 1. The van der Waals surface area contributed by atoms with Gasteiger partial charge < -0.3 is 14.5 Å². The number of rotatable bonds is 5. The summed E-state index contributed by atoms with van der Waals surface area (Å²) in [5.74, 6) is -0.481. The van der Waals surface area contributed by atoms with E-state index in [9.17, 15) is 9.59 Å². The van der Waals surface area contributed by atoms with Gasteiger partial charge in [0.2, 0.25) is 5.89 Å². The second-order valence-electron chi connectivity index (χ2n) is 7.36. The molecule has 0 bridgehead atoms. The van der Waals surface area contributed by atoms with Gasteiger partial charge in [0.1, 0.15) is 5.52 Å². The number of amides is 1. The van der Waals surface area contributed by atoms with Gasteiger partial charge in [-0.2, -0.15) is 0 Å². The van der Waals surface area contributed by atoms with E-state index in [1.807, 2.05) is 24.3 Å². The molecule has 1 heterocycles. The number of benzene rings is 2. The van der Waals surface area contributed by atoms with Gasteiger partial charge in [0.25, 0.3) is 5.91 Å². The van der Waals surface area contributed by atoms with Gasteiger partial charge in [0.15, 0.2) is 12.2 Å². The van der Waals surface area contributed by atoms with E-state index in [0.29, 0.717) is 28.1 Å². The zero-order chi connectivity index (χ0) is 20.1. The molecule has 0 atom stereocenters. The highest BCUT2D eigenvalue weighted by atomic mass is 16.5. The van der Waals surface area contributed by atoms with Crippen LogP contribution < -0.4 is 5.32 Å². The maximum atomic E-state index is 12.6. The van der Waals surface area contributed by atoms with Gasteiger partial charge in [-0.05, 0) is 37.1 Å². The van der Waals surface area contributed by atoms with E-state index in [-0.39, 0.29) is 18.6 Å². The second kappa shape index (κ2) is 8.90. The zero-order valence-corrected chi connectivity index (χ0v) is 16.2. The Balaban J connectivity index is 1.43. The molecule has 29 heavy (non-hydrogen) atoms. The lowest BCUT2D eigenvalue weighted by atomic mass is 10.1. The quantitative estimate of drug-likeness (QED) is 0.511. The number of para-hydroxylation sites is 2. The van der Waals surface area contributed by atoms with Crippen molar-refractivity contribution in [1.82, 2.24) is 10.3 Å². The number of carbonyl (C=O) groups excluding carboxylic acids is 2. The Labute approximate surface area is 169 Å². The van der Waals surface area contributed by atoms with E-state index in [1.165, 1.54) is 12.8 Å². The Morgan fingerprint density at radius 3 is 2.52 bits per heavy atom. The Hall–Kier alpha value is -3.15. The van der Waals surface area contributed by atoms with Crippen LogP contribution in [0.1, 0.15) is 48.9 Å². The van der Waals surface area contributed by atoms with Crippen molar-refractivity contribution in [3.05, 3.63) is 54.1 Å². The first kappa shape index (κ1) is 19.2. The minimum atomic E-state index is -0.570. The predicted octanol–water partition coefficient (Wildman–Crippen LogP) is 4.49. The van der Waals surface area contributed by atoms with Crippen LogP contribution >= 0.6 is 0 Å². The highest BCUT2D eigenvalue weighted by Crippen LogP contribution is 2.27. The third kappa shape index (κ3) is 4.65. The van der Waals surface area contributed by atoms with Crippen molar-refractivity contribution in [2.45, 2.75) is 44.6 Å². The molecule has 1 aliphatic carbocycles. The summed E-state index contributed by atoms with van der Waals surface area (Å²) in [5, 5.41) is 2.98. The lowest BCUT2D eigenvalue weighted by Gasteiger charge is -2.16. The van der Waals surface area contributed by atoms with E-state index in [1.54, 1.807) is 24.3 Å². The number of ether oxygens (including phenoxy) is 1. The first-order valence-electron chi connectivity index (χ1n) is 10.1. The molecule has 1 amide bonds. The van der Waals surface area contributed by atoms with Crippen LogP contribution in [-0.2, 0) is 9.53 Å². The summed E-state index contributed by atoms with van der Waals surface area (Å²) in [6, 6.07) is 14.5. The van der Waals surface area contributed by atoms with E-state index in [0.717, 1.165) is 25.7 Å². The van der Waals surface area contributed by atoms with Crippen LogP contribution in [0.25, 0.3) is 22.6 Å². The highest BCUT2D eigenvalue weighted by molar-refractivity contribution is 5.97. The summed E-state index contributed by atoms with van der Waals surface area (Å²) in [5.41, 5.74) is 2.22. The van der Waals surface area contributed by atoms with Crippen LogP contribution in [0.5, 0.6) is 0 Å². The molecule has 6 nitrogen and oxygen atoms in total. The maximum Gasteiger partial charge on any atom is 0.339 e. The standard InChI is InChI=1S/C23H24N2O4/c26-21(24-16-9-3-1-2-4-10-16)15-28-23(27)18-12-6-5-11-17(18)22-25-19-13-7-8-14-20(19)29-22/h5-8,11-14,16H,1-4,9-10,15H2,(H,24,26). The molecule has 0 aliphatic heterocycles. The minimum Gasteiger partial charge on any atom is -0.452 e. The molecule has 1 fully saturated rings. The molecule has 150 valence electrons.